The fourth-order valence-electron chi connectivity index (χ4n) is 4.37. The number of guanidine groups is 1. The minimum atomic E-state index is 0. The van der Waals surface area contributed by atoms with Gasteiger partial charge in [-0.25, -0.2) is 4.99 Å². The second-order valence-electron chi connectivity index (χ2n) is 8.37. The topological polar surface area (TPSA) is 67.1 Å². The van der Waals surface area contributed by atoms with Gasteiger partial charge in [-0.15, -0.1) is 34.2 Å². The van der Waals surface area contributed by atoms with Crippen molar-refractivity contribution in [2.75, 3.05) is 6.54 Å². The lowest BCUT2D eigenvalue weighted by Crippen LogP contribution is -2.43. The Labute approximate surface area is 181 Å². The monoisotopic (exact) mass is 488 g/mol. The first-order chi connectivity index (χ1) is 12.6. The number of hydrogen-bond acceptors (Lipinski definition) is 3. The summed E-state index contributed by atoms with van der Waals surface area (Å²) in [4.78, 5) is 4.80. The maximum absolute atomic E-state index is 4.80. The zero-order chi connectivity index (χ0) is 18.4. The molecular weight excluding hydrogens is 451 g/mol. The molecule has 0 saturated heterocycles. The first-order valence-electron chi connectivity index (χ1n) is 10.5. The lowest BCUT2D eigenvalue weighted by Gasteiger charge is -2.27. The second-order valence-corrected chi connectivity index (χ2v) is 8.37. The molecule has 2 aliphatic carbocycles. The first kappa shape index (κ1) is 22.4. The molecule has 2 N–H and O–H groups in total. The number of nitrogens with zero attached hydrogens (tertiary/aromatic N) is 4. The van der Waals surface area contributed by atoms with Gasteiger partial charge in [0.25, 0.3) is 0 Å². The average molecular weight is 488 g/mol. The summed E-state index contributed by atoms with van der Waals surface area (Å²) in [6, 6.07) is 0.567. The van der Waals surface area contributed by atoms with Crippen LogP contribution in [0.4, 0.5) is 0 Å². The standard InChI is InChI=1S/C20H36N6.HI/c1-15-7-6-8-17(13-15)11-12-21-20(23-18-9-4-5-10-18)22-14-19-25-24-16(2)26(19)3;/h15,17-18H,4-14H2,1-3H3,(H2,21,22,23);1H. The van der Waals surface area contributed by atoms with Crippen LogP contribution in [-0.4, -0.2) is 33.3 Å². The van der Waals surface area contributed by atoms with Crippen LogP contribution in [0.3, 0.4) is 0 Å². The zero-order valence-electron chi connectivity index (χ0n) is 17.2. The Hall–Kier alpha value is -0.860. The summed E-state index contributed by atoms with van der Waals surface area (Å²) in [6.45, 7) is 5.95. The number of aliphatic imine (C=N–C) groups is 1. The average Bonchev–Trinajstić information content (AvgIpc) is 3.24. The largest absolute Gasteiger partial charge is 0.356 e. The summed E-state index contributed by atoms with van der Waals surface area (Å²) in [7, 11) is 2.00. The Bertz CT molecular complexity index is 593. The number of halogens is 1. The molecule has 2 aliphatic rings. The number of nitrogens with one attached hydrogen (secondary N) is 2. The van der Waals surface area contributed by atoms with Crippen LogP contribution in [-0.2, 0) is 13.6 Å². The van der Waals surface area contributed by atoms with Gasteiger partial charge in [0, 0.05) is 19.6 Å². The van der Waals surface area contributed by atoms with Crippen molar-refractivity contribution in [3.05, 3.63) is 11.6 Å². The highest BCUT2D eigenvalue weighted by Gasteiger charge is 2.19. The molecule has 1 aromatic heterocycles. The van der Waals surface area contributed by atoms with E-state index in [1.165, 1.54) is 57.8 Å². The summed E-state index contributed by atoms with van der Waals surface area (Å²) in [5, 5.41) is 15.6. The predicted octanol–water partition coefficient (Wildman–Crippen LogP) is 3.94. The van der Waals surface area contributed by atoms with Gasteiger partial charge in [-0.1, -0.05) is 39.0 Å². The summed E-state index contributed by atoms with van der Waals surface area (Å²) >= 11 is 0. The van der Waals surface area contributed by atoms with E-state index in [9.17, 15) is 0 Å². The summed E-state index contributed by atoms with van der Waals surface area (Å²) in [5.41, 5.74) is 0. The van der Waals surface area contributed by atoms with Gasteiger partial charge in [-0.05, 0) is 44.4 Å². The Kier molecular flexibility index (Phi) is 9.32. The van der Waals surface area contributed by atoms with Gasteiger partial charge in [0.2, 0.25) is 0 Å². The summed E-state index contributed by atoms with van der Waals surface area (Å²) in [6.07, 6.45) is 12.0. The third kappa shape index (κ3) is 6.91. The molecular formula is C20H37IN6. The van der Waals surface area contributed by atoms with E-state index in [0.29, 0.717) is 12.6 Å². The minimum Gasteiger partial charge on any atom is -0.356 e. The van der Waals surface area contributed by atoms with E-state index in [-0.39, 0.29) is 24.0 Å². The molecule has 0 spiro atoms. The molecule has 2 atom stereocenters. The van der Waals surface area contributed by atoms with E-state index in [2.05, 4.69) is 27.8 Å². The van der Waals surface area contributed by atoms with Gasteiger partial charge >= 0.3 is 0 Å². The molecule has 6 nitrogen and oxygen atoms in total. The molecule has 0 amide bonds. The third-order valence-corrected chi connectivity index (χ3v) is 6.15. The van der Waals surface area contributed by atoms with E-state index >= 15 is 0 Å². The van der Waals surface area contributed by atoms with E-state index in [4.69, 9.17) is 4.99 Å². The summed E-state index contributed by atoms with van der Waals surface area (Å²) < 4.78 is 2.01. The predicted molar refractivity (Wildman–Crippen MR) is 121 cm³/mol. The van der Waals surface area contributed by atoms with E-state index < -0.39 is 0 Å². The highest BCUT2D eigenvalue weighted by molar-refractivity contribution is 14.0. The Morgan fingerprint density at radius 3 is 2.59 bits per heavy atom. The molecule has 1 aromatic rings. The highest BCUT2D eigenvalue weighted by Crippen LogP contribution is 2.30. The van der Waals surface area contributed by atoms with Crippen molar-refractivity contribution in [3.8, 4) is 0 Å². The van der Waals surface area contributed by atoms with Crippen LogP contribution >= 0.6 is 24.0 Å². The van der Waals surface area contributed by atoms with Gasteiger partial charge in [0.1, 0.15) is 12.4 Å². The van der Waals surface area contributed by atoms with E-state index in [1.54, 1.807) is 0 Å². The maximum Gasteiger partial charge on any atom is 0.191 e. The van der Waals surface area contributed by atoms with Crippen molar-refractivity contribution in [1.82, 2.24) is 25.4 Å². The fraction of sp³-hybridized carbons (Fsp3) is 0.850. The molecule has 2 fully saturated rings. The molecule has 27 heavy (non-hydrogen) atoms. The van der Waals surface area contributed by atoms with Crippen molar-refractivity contribution in [2.24, 2.45) is 23.9 Å². The zero-order valence-corrected chi connectivity index (χ0v) is 19.5. The lowest BCUT2D eigenvalue weighted by atomic mass is 9.81. The quantitative estimate of drug-likeness (QED) is 0.362. The lowest BCUT2D eigenvalue weighted by molar-refractivity contribution is 0.270. The molecule has 0 bridgehead atoms. The van der Waals surface area contributed by atoms with E-state index in [0.717, 1.165) is 36.0 Å². The Morgan fingerprint density at radius 2 is 1.93 bits per heavy atom. The molecule has 2 saturated carbocycles. The molecule has 154 valence electrons. The third-order valence-electron chi connectivity index (χ3n) is 6.15. The highest BCUT2D eigenvalue weighted by atomic mass is 127. The number of rotatable bonds is 6. The van der Waals surface area contributed by atoms with Crippen LogP contribution < -0.4 is 10.6 Å². The molecule has 7 heteroatoms. The molecule has 0 aliphatic heterocycles. The van der Waals surface area contributed by atoms with Gasteiger partial charge in [-0.3, -0.25) is 0 Å². The van der Waals surface area contributed by atoms with Gasteiger partial charge in [0.05, 0.1) is 0 Å². The first-order valence-corrected chi connectivity index (χ1v) is 10.5. The van der Waals surface area contributed by atoms with Crippen LogP contribution in [0.15, 0.2) is 4.99 Å². The van der Waals surface area contributed by atoms with Crippen molar-refractivity contribution in [3.63, 3.8) is 0 Å². The minimum absolute atomic E-state index is 0. The Balaban J connectivity index is 0.00000261. The van der Waals surface area contributed by atoms with Gasteiger partial charge in [-0.2, -0.15) is 0 Å². The van der Waals surface area contributed by atoms with E-state index in [1.807, 2.05) is 18.5 Å². The number of aromatic nitrogens is 3. The maximum atomic E-state index is 4.80. The van der Waals surface area contributed by atoms with Crippen molar-refractivity contribution >= 4 is 29.9 Å². The smallest absolute Gasteiger partial charge is 0.191 e. The second kappa shape index (κ2) is 11.2. The van der Waals surface area contributed by atoms with Crippen LogP contribution in [0.1, 0.15) is 76.4 Å². The van der Waals surface area contributed by atoms with Crippen molar-refractivity contribution in [2.45, 2.75) is 84.2 Å². The molecule has 3 rings (SSSR count). The number of aryl methyl sites for hydroxylation is 1. The van der Waals surface area contributed by atoms with Gasteiger partial charge < -0.3 is 15.2 Å². The molecule has 0 aromatic carbocycles. The molecule has 0 radical (unpaired) electrons. The normalized spacial score (nSPS) is 23.9. The summed E-state index contributed by atoms with van der Waals surface area (Å²) in [5.74, 6) is 4.57. The SMILES string of the molecule is Cc1nnc(CN=C(NCCC2CCCC(C)C2)NC2CCCC2)n1C.I. The van der Waals surface area contributed by atoms with Crippen molar-refractivity contribution < 1.29 is 0 Å². The van der Waals surface area contributed by atoms with Gasteiger partial charge in [0.15, 0.2) is 11.8 Å². The molecule has 1 heterocycles. The molecule has 2 unspecified atom stereocenters. The van der Waals surface area contributed by atoms with Crippen LogP contribution in [0, 0.1) is 18.8 Å². The van der Waals surface area contributed by atoms with Crippen LogP contribution in [0.2, 0.25) is 0 Å². The Morgan fingerprint density at radius 1 is 1.15 bits per heavy atom. The number of hydrogen-bond donors (Lipinski definition) is 2. The van der Waals surface area contributed by atoms with Crippen LogP contribution in [0.25, 0.3) is 0 Å². The fourth-order valence-corrected chi connectivity index (χ4v) is 4.37. The van der Waals surface area contributed by atoms with Crippen molar-refractivity contribution in [1.29, 1.82) is 0 Å². The van der Waals surface area contributed by atoms with Crippen LogP contribution in [0.5, 0.6) is 0 Å².